The van der Waals surface area contributed by atoms with Crippen molar-refractivity contribution in [3.63, 3.8) is 0 Å². The number of ether oxygens (including phenoxy) is 1. The van der Waals surface area contributed by atoms with E-state index in [1.165, 1.54) is 60.8 Å². The van der Waals surface area contributed by atoms with Crippen LogP contribution in [0.25, 0.3) is 0 Å². The fourth-order valence-electron chi connectivity index (χ4n) is 6.50. The molecule has 0 aromatic heterocycles. The van der Waals surface area contributed by atoms with E-state index in [1.807, 2.05) is 0 Å². The third kappa shape index (κ3) is 6.58. The van der Waals surface area contributed by atoms with Gasteiger partial charge >= 0.3 is 0 Å². The molecule has 2 aliphatic rings. The molecule has 2 aromatic rings. The summed E-state index contributed by atoms with van der Waals surface area (Å²) >= 11 is 0. The number of fused-ring (bicyclic) bond motifs is 1. The first kappa shape index (κ1) is 26.0. The van der Waals surface area contributed by atoms with Gasteiger partial charge in [0.25, 0.3) is 0 Å². The Morgan fingerprint density at radius 2 is 1.83 bits per heavy atom. The van der Waals surface area contributed by atoms with Crippen molar-refractivity contribution < 1.29 is 9.84 Å². The summed E-state index contributed by atoms with van der Waals surface area (Å²) in [5.41, 5.74) is 5.33. The smallest absolute Gasteiger partial charge is 0.123 e. The molecule has 2 heteroatoms. The Labute approximate surface area is 213 Å². The molecule has 35 heavy (non-hydrogen) atoms. The number of hydrogen-bond acceptors (Lipinski definition) is 2. The summed E-state index contributed by atoms with van der Waals surface area (Å²) in [6.07, 6.45) is 11.3. The fourth-order valence-corrected chi connectivity index (χ4v) is 6.50. The second kappa shape index (κ2) is 11.8. The second-order valence-corrected chi connectivity index (χ2v) is 11.9. The lowest BCUT2D eigenvalue weighted by atomic mass is 9.62. The van der Waals surface area contributed by atoms with E-state index in [2.05, 4.69) is 75.9 Å². The molecule has 4 atom stereocenters. The number of rotatable bonds is 10. The van der Waals surface area contributed by atoms with Gasteiger partial charge in [-0.25, -0.2) is 0 Å². The van der Waals surface area contributed by atoms with Crippen LogP contribution < -0.4 is 4.74 Å². The normalized spacial score (nSPS) is 24.7. The van der Waals surface area contributed by atoms with Crippen LogP contribution in [0, 0.1) is 11.8 Å². The Balaban J connectivity index is 1.63. The molecule has 4 rings (SSSR count). The zero-order valence-electron chi connectivity index (χ0n) is 22.3. The van der Waals surface area contributed by atoms with Crippen LogP contribution in [-0.2, 0) is 12.0 Å². The number of benzene rings is 2. The molecule has 0 saturated heterocycles. The first-order valence-corrected chi connectivity index (χ1v) is 14.0. The molecule has 0 heterocycles. The van der Waals surface area contributed by atoms with Crippen molar-refractivity contribution in [2.45, 2.75) is 109 Å². The number of aliphatic hydroxyl groups is 1. The molecular formula is C33H46O2. The summed E-state index contributed by atoms with van der Waals surface area (Å²) in [6, 6.07) is 17.5. The van der Waals surface area contributed by atoms with E-state index in [0.717, 1.165) is 31.4 Å². The van der Waals surface area contributed by atoms with Crippen molar-refractivity contribution in [3.05, 3.63) is 77.4 Å². The highest BCUT2D eigenvalue weighted by molar-refractivity contribution is 5.43. The van der Waals surface area contributed by atoms with E-state index in [9.17, 15) is 5.11 Å². The van der Waals surface area contributed by atoms with E-state index < -0.39 is 0 Å². The number of unbranched alkanes of at least 4 members (excludes halogenated alkanes) is 3. The topological polar surface area (TPSA) is 29.5 Å². The highest BCUT2D eigenvalue weighted by Crippen LogP contribution is 2.51. The van der Waals surface area contributed by atoms with E-state index >= 15 is 0 Å². The average Bonchev–Trinajstić information content (AvgIpc) is 2.86. The van der Waals surface area contributed by atoms with Crippen LogP contribution in [0.2, 0.25) is 0 Å². The van der Waals surface area contributed by atoms with Gasteiger partial charge in [0, 0.05) is 0 Å². The van der Waals surface area contributed by atoms with E-state index in [0.29, 0.717) is 24.4 Å². The molecule has 2 fully saturated rings. The molecule has 2 saturated carbocycles. The molecule has 2 nitrogen and oxygen atoms in total. The van der Waals surface area contributed by atoms with Gasteiger partial charge in [0.05, 0.1) is 6.10 Å². The molecule has 2 aliphatic carbocycles. The molecule has 190 valence electrons. The van der Waals surface area contributed by atoms with Crippen molar-refractivity contribution in [2.24, 2.45) is 11.8 Å². The van der Waals surface area contributed by atoms with Crippen LogP contribution in [0.5, 0.6) is 5.75 Å². The molecule has 0 amide bonds. The Morgan fingerprint density at radius 3 is 2.60 bits per heavy atom. The molecule has 2 aromatic carbocycles. The average molecular weight is 475 g/mol. The minimum atomic E-state index is -0.218. The van der Waals surface area contributed by atoms with Crippen molar-refractivity contribution in [2.75, 3.05) is 0 Å². The van der Waals surface area contributed by atoms with Crippen LogP contribution in [0.3, 0.4) is 0 Å². The minimum Gasteiger partial charge on any atom is -0.489 e. The number of hydrogen-bond donors (Lipinski definition) is 1. The summed E-state index contributed by atoms with van der Waals surface area (Å²) in [7, 11) is 0. The molecule has 0 aliphatic heterocycles. The minimum absolute atomic E-state index is 0.116. The lowest BCUT2D eigenvalue weighted by Crippen LogP contribution is -2.36. The predicted molar refractivity (Wildman–Crippen MR) is 147 cm³/mol. The van der Waals surface area contributed by atoms with Crippen molar-refractivity contribution >= 4 is 0 Å². The molecular weight excluding hydrogens is 428 g/mol. The summed E-state index contributed by atoms with van der Waals surface area (Å²) in [5, 5.41) is 10.8. The maximum absolute atomic E-state index is 10.8. The second-order valence-electron chi connectivity index (χ2n) is 11.9. The summed E-state index contributed by atoms with van der Waals surface area (Å²) in [4.78, 5) is 0. The SMILES string of the molecule is C=C1CCC2CC(O)CC(c3ccc(C(C)(C)CCCCCC)cc3OCc3ccccc3)C2C1. The van der Waals surface area contributed by atoms with Gasteiger partial charge < -0.3 is 9.84 Å². The standard InChI is InChI=1S/C33H46O2/c1-5-6-7-11-18-33(3,4)27-16-17-29(32(21-27)35-23-25-12-9-8-10-13-25)31-22-28(34)20-26-15-14-24(2)19-30(26)31/h8-10,12-13,16-17,21,26,28,30-31,34H,2,5-7,11,14-15,18-20,22-23H2,1,3-4H3. The molecule has 4 unspecified atom stereocenters. The van der Waals surface area contributed by atoms with Crippen LogP contribution in [0.15, 0.2) is 60.7 Å². The maximum Gasteiger partial charge on any atom is 0.123 e. The molecule has 0 radical (unpaired) electrons. The van der Waals surface area contributed by atoms with Crippen molar-refractivity contribution in [3.8, 4) is 5.75 Å². The van der Waals surface area contributed by atoms with Crippen LogP contribution in [0.4, 0.5) is 0 Å². The van der Waals surface area contributed by atoms with Crippen LogP contribution >= 0.6 is 0 Å². The predicted octanol–water partition coefficient (Wildman–Crippen LogP) is 8.72. The van der Waals surface area contributed by atoms with Gasteiger partial charge in [-0.2, -0.15) is 0 Å². The number of allylic oxidation sites excluding steroid dienone is 1. The van der Waals surface area contributed by atoms with Gasteiger partial charge in [-0.1, -0.05) is 101 Å². The third-order valence-corrected chi connectivity index (χ3v) is 8.70. The largest absolute Gasteiger partial charge is 0.489 e. The zero-order chi connectivity index (χ0) is 24.8. The third-order valence-electron chi connectivity index (χ3n) is 8.70. The van der Waals surface area contributed by atoms with E-state index in [4.69, 9.17) is 4.74 Å². The Morgan fingerprint density at radius 1 is 1.03 bits per heavy atom. The van der Waals surface area contributed by atoms with Crippen LogP contribution in [-0.4, -0.2) is 11.2 Å². The Bertz CT molecular complexity index is 960. The maximum atomic E-state index is 10.8. The van der Waals surface area contributed by atoms with Gasteiger partial charge in [0.15, 0.2) is 0 Å². The lowest BCUT2D eigenvalue weighted by Gasteiger charge is -2.44. The highest BCUT2D eigenvalue weighted by Gasteiger charge is 2.41. The van der Waals surface area contributed by atoms with Crippen LogP contribution in [0.1, 0.15) is 108 Å². The summed E-state index contributed by atoms with van der Waals surface area (Å²) in [6.45, 7) is 11.9. The summed E-state index contributed by atoms with van der Waals surface area (Å²) < 4.78 is 6.59. The first-order valence-electron chi connectivity index (χ1n) is 14.0. The Hall–Kier alpha value is -2.06. The highest BCUT2D eigenvalue weighted by atomic mass is 16.5. The van der Waals surface area contributed by atoms with Crippen molar-refractivity contribution in [1.29, 1.82) is 0 Å². The van der Waals surface area contributed by atoms with E-state index in [1.54, 1.807) is 0 Å². The number of aliphatic hydroxyl groups excluding tert-OH is 1. The van der Waals surface area contributed by atoms with Crippen molar-refractivity contribution in [1.82, 2.24) is 0 Å². The van der Waals surface area contributed by atoms with Gasteiger partial charge in [0.2, 0.25) is 0 Å². The fraction of sp³-hybridized carbons (Fsp3) is 0.576. The van der Waals surface area contributed by atoms with E-state index in [-0.39, 0.29) is 11.5 Å². The quantitative estimate of drug-likeness (QED) is 0.275. The lowest BCUT2D eigenvalue weighted by molar-refractivity contribution is 0.0410. The van der Waals surface area contributed by atoms with Gasteiger partial charge in [-0.3, -0.25) is 0 Å². The van der Waals surface area contributed by atoms with Gasteiger partial charge in [0.1, 0.15) is 12.4 Å². The molecule has 0 bridgehead atoms. The van der Waals surface area contributed by atoms with Gasteiger partial charge in [-0.15, -0.1) is 0 Å². The summed E-state index contributed by atoms with van der Waals surface area (Å²) in [5.74, 6) is 2.49. The molecule has 0 spiro atoms. The van der Waals surface area contributed by atoms with Gasteiger partial charge in [-0.05, 0) is 84.5 Å². The first-order chi connectivity index (χ1) is 16.9. The molecule has 1 N–H and O–H groups in total. The monoisotopic (exact) mass is 474 g/mol. The zero-order valence-corrected chi connectivity index (χ0v) is 22.3. The Kier molecular flexibility index (Phi) is 8.76.